The van der Waals surface area contributed by atoms with Gasteiger partial charge in [-0.05, 0) is 42.5 Å². The summed E-state index contributed by atoms with van der Waals surface area (Å²) in [5, 5.41) is 1.79. The SMILES string of the molecule is Cc1c(C(N)=O)cc2ccnc(N)c2c1C. The second kappa shape index (κ2) is 3.48. The van der Waals surface area contributed by atoms with Crippen LogP contribution in [-0.4, -0.2) is 10.9 Å². The van der Waals surface area contributed by atoms with Gasteiger partial charge in [0.05, 0.1) is 0 Å². The van der Waals surface area contributed by atoms with E-state index in [2.05, 4.69) is 4.98 Å². The maximum atomic E-state index is 11.3. The lowest BCUT2D eigenvalue weighted by Crippen LogP contribution is -2.13. The number of carbonyl (C=O) groups is 1. The van der Waals surface area contributed by atoms with Gasteiger partial charge in [-0.25, -0.2) is 4.98 Å². The zero-order chi connectivity index (χ0) is 11.9. The molecular formula is C12H13N3O. The van der Waals surface area contributed by atoms with E-state index in [1.165, 1.54) is 0 Å². The van der Waals surface area contributed by atoms with Crippen LogP contribution in [0.4, 0.5) is 5.82 Å². The molecule has 2 rings (SSSR count). The number of rotatable bonds is 1. The molecule has 4 heteroatoms. The number of amides is 1. The predicted octanol–water partition coefficient (Wildman–Crippen LogP) is 1.53. The molecule has 4 N–H and O–H groups in total. The Morgan fingerprint density at radius 2 is 2.00 bits per heavy atom. The molecular weight excluding hydrogens is 202 g/mol. The number of hydrogen-bond donors (Lipinski definition) is 2. The summed E-state index contributed by atoms with van der Waals surface area (Å²) in [5.41, 5.74) is 13.5. The number of fused-ring (bicyclic) bond motifs is 1. The topological polar surface area (TPSA) is 82.0 Å². The van der Waals surface area contributed by atoms with Gasteiger partial charge in [0.2, 0.25) is 5.91 Å². The van der Waals surface area contributed by atoms with E-state index in [1.54, 1.807) is 12.3 Å². The number of aromatic nitrogens is 1. The summed E-state index contributed by atoms with van der Waals surface area (Å²) in [6.45, 7) is 3.78. The Kier molecular flexibility index (Phi) is 2.27. The van der Waals surface area contributed by atoms with Crippen LogP contribution in [0.25, 0.3) is 10.8 Å². The fraction of sp³-hybridized carbons (Fsp3) is 0.167. The Hall–Kier alpha value is -2.10. The Morgan fingerprint density at radius 1 is 1.31 bits per heavy atom. The molecule has 0 saturated heterocycles. The first-order valence-electron chi connectivity index (χ1n) is 4.96. The normalized spacial score (nSPS) is 10.6. The standard InChI is InChI=1S/C12H13N3O/c1-6-7(2)10-8(3-4-15-11(10)13)5-9(6)12(14)16/h3-5H,1-2H3,(H2,13,15)(H2,14,16). The molecule has 1 heterocycles. The molecule has 0 fully saturated rings. The summed E-state index contributed by atoms with van der Waals surface area (Å²) in [4.78, 5) is 15.3. The Balaban J connectivity index is 2.94. The van der Waals surface area contributed by atoms with Crippen molar-refractivity contribution in [3.05, 3.63) is 35.0 Å². The van der Waals surface area contributed by atoms with Crippen LogP contribution in [-0.2, 0) is 0 Å². The van der Waals surface area contributed by atoms with Gasteiger partial charge in [0.15, 0.2) is 0 Å². The highest BCUT2D eigenvalue weighted by Gasteiger charge is 2.12. The first kappa shape index (κ1) is 10.4. The summed E-state index contributed by atoms with van der Waals surface area (Å²) < 4.78 is 0. The highest BCUT2D eigenvalue weighted by Crippen LogP contribution is 2.27. The maximum Gasteiger partial charge on any atom is 0.248 e. The molecule has 0 aliphatic carbocycles. The second-order valence-electron chi connectivity index (χ2n) is 3.83. The Morgan fingerprint density at radius 3 is 2.62 bits per heavy atom. The Bertz CT molecular complexity index is 590. The lowest BCUT2D eigenvalue weighted by atomic mass is 9.96. The van der Waals surface area contributed by atoms with E-state index in [0.29, 0.717) is 11.4 Å². The third kappa shape index (κ3) is 1.39. The van der Waals surface area contributed by atoms with Crippen LogP contribution in [0, 0.1) is 13.8 Å². The number of pyridine rings is 1. The van der Waals surface area contributed by atoms with E-state index in [1.807, 2.05) is 19.9 Å². The highest BCUT2D eigenvalue weighted by molar-refractivity contribution is 6.03. The van der Waals surface area contributed by atoms with Crippen molar-refractivity contribution >= 4 is 22.5 Å². The fourth-order valence-electron chi connectivity index (χ4n) is 1.93. The third-order valence-electron chi connectivity index (χ3n) is 2.92. The molecule has 0 unspecified atom stereocenters. The quantitative estimate of drug-likeness (QED) is 0.756. The summed E-state index contributed by atoms with van der Waals surface area (Å²) in [6, 6.07) is 3.59. The molecule has 0 saturated carbocycles. The average Bonchev–Trinajstić information content (AvgIpc) is 2.22. The Labute approximate surface area is 93.3 Å². The van der Waals surface area contributed by atoms with E-state index in [-0.39, 0.29) is 0 Å². The lowest BCUT2D eigenvalue weighted by molar-refractivity contribution is 0.1000. The van der Waals surface area contributed by atoms with Crippen molar-refractivity contribution < 1.29 is 4.79 Å². The number of nitrogens with zero attached hydrogens (tertiary/aromatic N) is 1. The highest BCUT2D eigenvalue weighted by atomic mass is 16.1. The predicted molar refractivity (Wildman–Crippen MR) is 64.1 cm³/mol. The molecule has 0 aliphatic heterocycles. The van der Waals surface area contributed by atoms with Gasteiger partial charge in [-0.3, -0.25) is 4.79 Å². The summed E-state index contributed by atoms with van der Waals surface area (Å²) in [7, 11) is 0. The summed E-state index contributed by atoms with van der Waals surface area (Å²) in [5.74, 6) is 0.0620. The van der Waals surface area contributed by atoms with Gasteiger partial charge in [-0.1, -0.05) is 0 Å². The average molecular weight is 215 g/mol. The monoisotopic (exact) mass is 215 g/mol. The van der Waals surface area contributed by atoms with E-state index in [4.69, 9.17) is 11.5 Å². The molecule has 0 spiro atoms. The van der Waals surface area contributed by atoms with E-state index in [0.717, 1.165) is 21.9 Å². The molecule has 4 nitrogen and oxygen atoms in total. The minimum atomic E-state index is -0.419. The molecule has 1 amide bonds. The van der Waals surface area contributed by atoms with Crippen molar-refractivity contribution in [2.75, 3.05) is 5.73 Å². The van der Waals surface area contributed by atoms with Crippen LogP contribution < -0.4 is 11.5 Å². The fourth-order valence-corrected chi connectivity index (χ4v) is 1.93. The van der Waals surface area contributed by atoms with Gasteiger partial charge in [0.1, 0.15) is 5.82 Å². The second-order valence-corrected chi connectivity index (χ2v) is 3.83. The molecule has 0 bridgehead atoms. The van der Waals surface area contributed by atoms with Crippen molar-refractivity contribution in [2.24, 2.45) is 5.73 Å². The number of anilines is 1. The summed E-state index contributed by atoms with van der Waals surface area (Å²) >= 11 is 0. The van der Waals surface area contributed by atoms with Crippen LogP contribution in [0.1, 0.15) is 21.5 Å². The minimum absolute atomic E-state index is 0.419. The van der Waals surface area contributed by atoms with Crippen molar-refractivity contribution in [1.82, 2.24) is 4.98 Å². The van der Waals surface area contributed by atoms with Gasteiger partial charge in [-0.2, -0.15) is 0 Å². The number of nitrogens with two attached hydrogens (primary N) is 2. The largest absolute Gasteiger partial charge is 0.383 e. The smallest absolute Gasteiger partial charge is 0.248 e. The van der Waals surface area contributed by atoms with Crippen molar-refractivity contribution in [2.45, 2.75) is 13.8 Å². The zero-order valence-electron chi connectivity index (χ0n) is 9.24. The van der Waals surface area contributed by atoms with E-state index in [9.17, 15) is 4.79 Å². The number of hydrogen-bond acceptors (Lipinski definition) is 3. The molecule has 2 aromatic rings. The molecule has 1 aromatic carbocycles. The van der Waals surface area contributed by atoms with Crippen molar-refractivity contribution in [3.8, 4) is 0 Å². The van der Waals surface area contributed by atoms with Gasteiger partial charge < -0.3 is 11.5 Å². The van der Waals surface area contributed by atoms with E-state index >= 15 is 0 Å². The van der Waals surface area contributed by atoms with Gasteiger partial charge >= 0.3 is 0 Å². The zero-order valence-corrected chi connectivity index (χ0v) is 9.24. The molecule has 1 aromatic heterocycles. The number of primary amides is 1. The molecule has 16 heavy (non-hydrogen) atoms. The van der Waals surface area contributed by atoms with Gasteiger partial charge in [0, 0.05) is 17.1 Å². The van der Waals surface area contributed by atoms with Crippen LogP contribution in [0.3, 0.4) is 0 Å². The van der Waals surface area contributed by atoms with Gasteiger partial charge in [0.25, 0.3) is 0 Å². The number of aryl methyl sites for hydroxylation is 1. The van der Waals surface area contributed by atoms with Crippen LogP contribution in [0.15, 0.2) is 18.3 Å². The molecule has 0 aliphatic rings. The molecule has 82 valence electrons. The van der Waals surface area contributed by atoms with Crippen molar-refractivity contribution in [3.63, 3.8) is 0 Å². The number of benzene rings is 1. The van der Waals surface area contributed by atoms with Crippen molar-refractivity contribution in [1.29, 1.82) is 0 Å². The first-order valence-corrected chi connectivity index (χ1v) is 4.96. The van der Waals surface area contributed by atoms with E-state index < -0.39 is 5.91 Å². The summed E-state index contributed by atoms with van der Waals surface area (Å²) in [6.07, 6.45) is 1.62. The van der Waals surface area contributed by atoms with Crippen LogP contribution in [0.2, 0.25) is 0 Å². The third-order valence-corrected chi connectivity index (χ3v) is 2.92. The van der Waals surface area contributed by atoms with Crippen LogP contribution >= 0.6 is 0 Å². The van der Waals surface area contributed by atoms with Crippen LogP contribution in [0.5, 0.6) is 0 Å². The minimum Gasteiger partial charge on any atom is -0.383 e. The number of nitrogen functional groups attached to an aromatic ring is 1. The lowest BCUT2D eigenvalue weighted by Gasteiger charge is -2.11. The first-order chi connectivity index (χ1) is 7.52. The van der Waals surface area contributed by atoms with Gasteiger partial charge in [-0.15, -0.1) is 0 Å². The maximum absolute atomic E-state index is 11.3. The molecule has 0 radical (unpaired) electrons. The number of carbonyl (C=O) groups excluding carboxylic acids is 1. The molecule has 0 atom stereocenters.